The number of halogens is 5. The summed E-state index contributed by atoms with van der Waals surface area (Å²) in [6.45, 7) is 2.57. The normalized spacial score (nSPS) is 17.1. The highest BCUT2D eigenvalue weighted by Crippen LogP contribution is 2.43. The molecule has 0 saturated carbocycles. The third-order valence-corrected chi connectivity index (χ3v) is 3.71. The summed E-state index contributed by atoms with van der Waals surface area (Å²) in [6.07, 6.45) is -5.26. The lowest BCUT2D eigenvalue weighted by Crippen LogP contribution is -2.27. The highest BCUT2D eigenvalue weighted by molar-refractivity contribution is 5.92. The molecule has 0 aromatic heterocycles. The van der Waals surface area contributed by atoms with E-state index in [1.165, 1.54) is 13.8 Å². The smallest absolute Gasteiger partial charge is 0.463 e. The minimum absolute atomic E-state index is 0.119. The first-order valence-electron chi connectivity index (χ1n) is 7.70. The first-order valence-corrected chi connectivity index (χ1v) is 7.70. The Labute approximate surface area is 155 Å². The van der Waals surface area contributed by atoms with Gasteiger partial charge in [-0.3, -0.25) is 0 Å². The number of ether oxygens (including phenoxy) is 3. The zero-order valence-electron chi connectivity index (χ0n) is 14.5. The summed E-state index contributed by atoms with van der Waals surface area (Å²) in [5.41, 5.74) is 3.49. The van der Waals surface area contributed by atoms with Crippen molar-refractivity contribution in [2.75, 3.05) is 6.61 Å². The Morgan fingerprint density at radius 3 is 2.54 bits per heavy atom. The van der Waals surface area contributed by atoms with E-state index in [0.717, 1.165) is 0 Å². The number of allylic oxidation sites excluding steroid dienone is 2. The highest BCUT2D eigenvalue weighted by atomic mass is 19.4. The first-order chi connectivity index (χ1) is 13.0. The number of carbonyl (C=O) groups excluding carboxylic acids is 1. The molecule has 1 aromatic carbocycles. The number of nitriles is 1. The Balaban J connectivity index is 2.76. The monoisotopic (exact) mass is 404 g/mol. The summed E-state index contributed by atoms with van der Waals surface area (Å²) in [7, 11) is 0. The third kappa shape index (κ3) is 4.00. The Morgan fingerprint density at radius 2 is 2.00 bits per heavy atom. The van der Waals surface area contributed by atoms with E-state index in [2.05, 4.69) is 4.74 Å². The van der Waals surface area contributed by atoms with Crippen molar-refractivity contribution in [2.45, 2.75) is 26.1 Å². The molecule has 2 N–H and O–H groups in total. The second-order valence-corrected chi connectivity index (χ2v) is 5.44. The minimum Gasteiger partial charge on any atom is -0.463 e. The Morgan fingerprint density at radius 1 is 1.36 bits per heavy atom. The van der Waals surface area contributed by atoms with Crippen LogP contribution in [0.15, 0.2) is 34.9 Å². The van der Waals surface area contributed by atoms with Gasteiger partial charge in [0.15, 0.2) is 11.6 Å². The lowest BCUT2D eigenvalue weighted by atomic mass is 9.82. The van der Waals surface area contributed by atoms with Crippen molar-refractivity contribution in [2.24, 2.45) is 5.73 Å². The molecule has 0 aliphatic carbocycles. The van der Waals surface area contributed by atoms with Gasteiger partial charge < -0.3 is 19.9 Å². The molecule has 0 amide bonds. The summed E-state index contributed by atoms with van der Waals surface area (Å²) >= 11 is 0. The number of nitrogens with zero attached hydrogens (tertiary/aromatic N) is 1. The van der Waals surface area contributed by atoms with Crippen LogP contribution in [0.5, 0.6) is 5.75 Å². The topological polar surface area (TPSA) is 94.6 Å². The standard InChI is InChI=1S/C17H13F5N2O4/c1-3-26-16(25)11-7(2)27-15(24)8(6-23)12(11)13-9(18)4-5-10(14(13)19)28-17(20,21)22/h4-5,12H,3,24H2,1-2H3. The number of esters is 1. The Bertz CT molecular complexity index is 915. The van der Waals surface area contributed by atoms with E-state index in [1.54, 1.807) is 6.07 Å². The largest absolute Gasteiger partial charge is 0.573 e. The second kappa shape index (κ2) is 7.75. The molecule has 0 radical (unpaired) electrons. The van der Waals surface area contributed by atoms with Crippen LogP contribution in [0.3, 0.4) is 0 Å². The summed E-state index contributed by atoms with van der Waals surface area (Å²) in [5.74, 6) is -8.07. The van der Waals surface area contributed by atoms with Gasteiger partial charge in [0.1, 0.15) is 23.2 Å². The SMILES string of the molecule is CCOC(=O)C1=C(C)OC(N)=C(C#N)C1c1c(F)ccc(OC(F)(F)F)c1F. The summed E-state index contributed by atoms with van der Waals surface area (Å²) in [5, 5.41) is 9.35. The van der Waals surface area contributed by atoms with E-state index >= 15 is 0 Å². The van der Waals surface area contributed by atoms with Crippen molar-refractivity contribution in [3.63, 3.8) is 0 Å². The van der Waals surface area contributed by atoms with Gasteiger partial charge in [-0.05, 0) is 26.0 Å². The van der Waals surface area contributed by atoms with Crippen LogP contribution in [0.2, 0.25) is 0 Å². The van der Waals surface area contributed by atoms with Gasteiger partial charge in [0.05, 0.1) is 18.1 Å². The van der Waals surface area contributed by atoms with Crippen LogP contribution in [0.4, 0.5) is 22.0 Å². The molecule has 1 aliphatic heterocycles. The van der Waals surface area contributed by atoms with E-state index < -0.39 is 58.2 Å². The van der Waals surface area contributed by atoms with Gasteiger partial charge in [-0.15, -0.1) is 13.2 Å². The molecule has 150 valence electrons. The lowest BCUT2D eigenvalue weighted by molar-refractivity contribution is -0.275. The number of nitrogens with two attached hydrogens (primary N) is 1. The predicted molar refractivity (Wildman–Crippen MR) is 83.0 cm³/mol. The van der Waals surface area contributed by atoms with Crippen molar-refractivity contribution in [1.82, 2.24) is 0 Å². The van der Waals surface area contributed by atoms with Crippen LogP contribution < -0.4 is 10.5 Å². The maximum absolute atomic E-state index is 14.8. The van der Waals surface area contributed by atoms with Gasteiger partial charge in [0.2, 0.25) is 5.88 Å². The Hall–Kier alpha value is -3.29. The fourth-order valence-electron chi connectivity index (χ4n) is 2.66. The average Bonchev–Trinajstić information content (AvgIpc) is 2.56. The van der Waals surface area contributed by atoms with Crippen LogP contribution in [-0.2, 0) is 14.3 Å². The van der Waals surface area contributed by atoms with E-state index in [4.69, 9.17) is 15.2 Å². The molecule has 28 heavy (non-hydrogen) atoms. The molecule has 11 heteroatoms. The van der Waals surface area contributed by atoms with Crippen molar-refractivity contribution >= 4 is 5.97 Å². The summed E-state index contributed by atoms with van der Waals surface area (Å²) < 4.78 is 80.2. The number of hydrogen-bond donors (Lipinski definition) is 1. The van der Waals surface area contributed by atoms with Gasteiger partial charge in [0.25, 0.3) is 0 Å². The summed E-state index contributed by atoms with van der Waals surface area (Å²) in [6, 6.07) is 2.51. The van der Waals surface area contributed by atoms with Crippen LogP contribution in [0.25, 0.3) is 0 Å². The number of rotatable bonds is 4. The fourth-order valence-corrected chi connectivity index (χ4v) is 2.66. The van der Waals surface area contributed by atoms with Crippen LogP contribution in [0, 0.1) is 23.0 Å². The van der Waals surface area contributed by atoms with E-state index in [0.29, 0.717) is 12.1 Å². The molecular formula is C17H13F5N2O4. The lowest BCUT2D eigenvalue weighted by Gasteiger charge is -2.27. The summed E-state index contributed by atoms with van der Waals surface area (Å²) in [4.78, 5) is 12.3. The third-order valence-electron chi connectivity index (χ3n) is 3.71. The molecule has 0 saturated heterocycles. The van der Waals surface area contributed by atoms with Gasteiger partial charge in [-0.1, -0.05) is 0 Å². The van der Waals surface area contributed by atoms with Gasteiger partial charge in [0, 0.05) is 5.56 Å². The molecule has 0 bridgehead atoms. The molecule has 0 spiro atoms. The molecular weight excluding hydrogens is 391 g/mol. The predicted octanol–water partition coefficient (Wildman–Crippen LogP) is 3.51. The number of carbonyl (C=O) groups is 1. The molecule has 2 rings (SSSR count). The average molecular weight is 404 g/mol. The molecule has 1 unspecified atom stereocenters. The van der Waals surface area contributed by atoms with E-state index in [1.807, 2.05) is 0 Å². The number of hydrogen-bond acceptors (Lipinski definition) is 6. The zero-order chi connectivity index (χ0) is 21.2. The maximum Gasteiger partial charge on any atom is 0.573 e. The van der Waals surface area contributed by atoms with Crippen molar-refractivity contribution in [3.05, 3.63) is 52.1 Å². The minimum atomic E-state index is -5.26. The van der Waals surface area contributed by atoms with Crippen LogP contribution >= 0.6 is 0 Å². The van der Waals surface area contributed by atoms with Gasteiger partial charge in [-0.25, -0.2) is 13.6 Å². The van der Waals surface area contributed by atoms with E-state index in [-0.39, 0.29) is 12.4 Å². The van der Waals surface area contributed by atoms with Crippen molar-refractivity contribution in [3.8, 4) is 11.8 Å². The molecule has 1 aromatic rings. The first kappa shape index (κ1) is 21.0. The zero-order valence-corrected chi connectivity index (χ0v) is 14.5. The van der Waals surface area contributed by atoms with Crippen LogP contribution in [-0.4, -0.2) is 18.9 Å². The van der Waals surface area contributed by atoms with Crippen LogP contribution in [0.1, 0.15) is 25.3 Å². The number of alkyl halides is 3. The molecule has 0 fully saturated rings. The molecule has 6 nitrogen and oxygen atoms in total. The van der Waals surface area contributed by atoms with E-state index in [9.17, 15) is 32.0 Å². The fraction of sp³-hybridized carbons (Fsp3) is 0.294. The molecule has 1 atom stereocenters. The van der Waals surface area contributed by atoms with Crippen molar-refractivity contribution in [1.29, 1.82) is 5.26 Å². The quantitative estimate of drug-likeness (QED) is 0.610. The van der Waals surface area contributed by atoms with Crippen molar-refractivity contribution < 1.29 is 41.0 Å². The molecule has 1 aliphatic rings. The highest BCUT2D eigenvalue weighted by Gasteiger charge is 2.41. The second-order valence-electron chi connectivity index (χ2n) is 5.44. The maximum atomic E-state index is 14.8. The van der Waals surface area contributed by atoms with Gasteiger partial charge >= 0.3 is 12.3 Å². The van der Waals surface area contributed by atoms with Gasteiger partial charge in [-0.2, -0.15) is 5.26 Å². The Kier molecular flexibility index (Phi) is 5.82. The molecule has 1 heterocycles. The number of benzene rings is 1.